The highest BCUT2D eigenvalue weighted by Crippen LogP contribution is 2.27. The predicted molar refractivity (Wildman–Crippen MR) is 70.7 cm³/mol. The third-order valence-electron chi connectivity index (χ3n) is 2.77. The van der Waals surface area contributed by atoms with Crippen LogP contribution in [0.4, 0.5) is 5.69 Å². The van der Waals surface area contributed by atoms with Crippen LogP contribution in [0.3, 0.4) is 0 Å². The van der Waals surface area contributed by atoms with Gasteiger partial charge in [0.15, 0.2) is 0 Å². The summed E-state index contributed by atoms with van der Waals surface area (Å²) < 4.78 is 0. The quantitative estimate of drug-likeness (QED) is 0.611. The third kappa shape index (κ3) is 2.66. The fraction of sp³-hybridized carbons (Fsp3) is 0.417. The molecule has 1 aromatic carbocycles. The minimum absolute atomic E-state index is 0.123. The largest absolute Gasteiger partial charge is 0.273 e. The van der Waals surface area contributed by atoms with Crippen LogP contribution in [0.1, 0.15) is 19.4 Å². The Labute approximate surface area is 104 Å². The van der Waals surface area contributed by atoms with Crippen molar-refractivity contribution in [2.45, 2.75) is 19.9 Å². The van der Waals surface area contributed by atoms with Gasteiger partial charge in [0.05, 0.1) is 16.0 Å². The van der Waals surface area contributed by atoms with Crippen molar-refractivity contribution in [1.29, 1.82) is 0 Å². The normalized spacial score (nSPS) is 19.5. The Kier molecular flexibility index (Phi) is 3.47. The molecule has 1 atom stereocenters. The van der Waals surface area contributed by atoms with Gasteiger partial charge in [-0.15, -0.1) is 11.8 Å². The number of rotatable bonds is 3. The van der Waals surface area contributed by atoms with Crippen molar-refractivity contribution in [3.05, 3.63) is 39.9 Å². The first-order valence-electron chi connectivity index (χ1n) is 5.53. The fourth-order valence-corrected chi connectivity index (χ4v) is 2.92. The van der Waals surface area contributed by atoms with Crippen molar-refractivity contribution in [2.24, 2.45) is 10.9 Å². The highest BCUT2D eigenvalue weighted by Gasteiger charge is 2.22. The molecule has 1 aromatic rings. The molecule has 1 unspecified atom stereocenters. The first kappa shape index (κ1) is 12.1. The molecule has 0 saturated carbocycles. The van der Waals surface area contributed by atoms with E-state index in [1.807, 2.05) is 0 Å². The van der Waals surface area contributed by atoms with Crippen LogP contribution < -0.4 is 0 Å². The van der Waals surface area contributed by atoms with Crippen molar-refractivity contribution in [3.63, 3.8) is 0 Å². The zero-order chi connectivity index (χ0) is 12.4. The molecule has 17 heavy (non-hydrogen) atoms. The van der Waals surface area contributed by atoms with E-state index in [9.17, 15) is 10.1 Å². The molecule has 0 aliphatic carbocycles. The molecule has 0 N–H and O–H groups in total. The van der Waals surface area contributed by atoms with Gasteiger partial charge in [-0.25, -0.2) is 0 Å². The van der Waals surface area contributed by atoms with Crippen LogP contribution in [0.5, 0.6) is 0 Å². The molecule has 0 bridgehead atoms. The van der Waals surface area contributed by atoms with E-state index >= 15 is 0 Å². The molecule has 0 aromatic heterocycles. The molecule has 5 heteroatoms. The number of non-ortho nitro benzene ring substituents is 1. The summed E-state index contributed by atoms with van der Waals surface area (Å²) in [7, 11) is 0. The number of hydrogen-bond donors (Lipinski definition) is 0. The SMILES string of the molecule is CC(C)C1CSC(c2ccc([N+](=O)[O-])cc2)=N1. The number of benzene rings is 1. The van der Waals surface area contributed by atoms with Gasteiger partial charge >= 0.3 is 0 Å². The molecule has 0 radical (unpaired) electrons. The van der Waals surface area contributed by atoms with Gasteiger partial charge in [-0.1, -0.05) is 13.8 Å². The van der Waals surface area contributed by atoms with Crippen LogP contribution in [0.25, 0.3) is 0 Å². The smallest absolute Gasteiger partial charge is 0.269 e. The second kappa shape index (κ2) is 4.87. The first-order chi connectivity index (χ1) is 8.08. The maximum atomic E-state index is 10.5. The molecule has 0 saturated heterocycles. The van der Waals surface area contributed by atoms with E-state index in [1.165, 1.54) is 12.1 Å². The Balaban J connectivity index is 2.19. The zero-order valence-corrected chi connectivity index (χ0v) is 10.6. The number of thioether (sulfide) groups is 1. The average molecular weight is 250 g/mol. The summed E-state index contributed by atoms with van der Waals surface area (Å²) in [5, 5.41) is 11.5. The van der Waals surface area contributed by atoms with E-state index in [1.54, 1.807) is 23.9 Å². The summed E-state index contributed by atoms with van der Waals surface area (Å²) in [5.41, 5.74) is 1.10. The van der Waals surface area contributed by atoms with Crippen LogP contribution >= 0.6 is 11.8 Å². The maximum absolute atomic E-state index is 10.5. The molecule has 0 spiro atoms. The average Bonchev–Trinajstić information content (AvgIpc) is 2.78. The standard InChI is InChI=1S/C12H14N2O2S/c1-8(2)11-7-17-12(13-11)9-3-5-10(6-4-9)14(15)16/h3-6,8,11H,7H2,1-2H3. The van der Waals surface area contributed by atoms with Crippen LogP contribution in [0.2, 0.25) is 0 Å². The molecule has 1 heterocycles. The van der Waals surface area contributed by atoms with Crippen molar-refractivity contribution < 1.29 is 4.92 Å². The first-order valence-corrected chi connectivity index (χ1v) is 6.52. The Morgan fingerprint density at radius 1 is 1.41 bits per heavy atom. The molecule has 1 aliphatic heterocycles. The summed E-state index contributed by atoms with van der Waals surface area (Å²) in [4.78, 5) is 14.8. The Hall–Kier alpha value is -1.36. The fourth-order valence-electron chi connectivity index (χ4n) is 1.61. The van der Waals surface area contributed by atoms with Gasteiger partial charge in [0.25, 0.3) is 5.69 Å². The number of nitrogens with zero attached hydrogens (tertiary/aromatic N) is 2. The highest BCUT2D eigenvalue weighted by molar-refractivity contribution is 8.14. The highest BCUT2D eigenvalue weighted by atomic mass is 32.2. The van der Waals surface area contributed by atoms with Gasteiger partial charge in [0, 0.05) is 23.4 Å². The van der Waals surface area contributed by atoms with Crippen LogP contribution in [0, 0.1) is 16.0 Å². The monoisotopic (exact) mass is 250 g/mol. The van der Waals surface area contributed by atoms with Crippen molar-refractivity contribution in [3.8, 4) is 0 Å². The number of hydrogen-bond acceptors (Lipinski definition) is 4. The molecule has 90 valence electrons. The summed E-state index contributed by atoms with van der Waals surface area (Å²) in [6, 6.07) is 6.96. The van der Waals surface area contributed by atoms with E-state index in [4.69, 9.17) is 0 Å². The summed E-state index contributed by atoms with van der Waals surface area (Å²) in [5.74, 6) is 1.54. The molecule has 2 rings (SSSR count). The lowest BCUT2D eigenvalue weighted by molar-refractivity contribution is -0.384. The second-order valence-electron chi connectivity index (χ2n) is 4.36. The summed E-state index contributed by atoms with van der Waals surface area (Å²) >= 11 is 1.73. The number of aliphatic imine (C=N–C) groups is 1. The summed E-state index contributed by atoms with van der Waals surface area (Å²) in [6.07, 6.45) is 0. The Morgan fingerprint density at radius 3 is 2.53 bits per heavy atom. The Morgan fingerprint density at radius 2 is 2.06 bits per heavy atom. The van der Waals surface area contributed by atoms with Gasteiger partial charge in [-0.3, -0.25) is 15.1 Å². The van der Waals surface area contributed by atoms with E-state index in [-0.39, 0.29) is 10.6 Å². The molecular formula is C12H14N2O2S. The van der Waals surface area contributed by atoms with Crippen molar-refractivity contribution >= 4 is 22.5 Å². The lowest BCUT2D eigenvalue weighted by Crippen LogP contribution is -2.11. The van der Waals surface area contributed by atoms with E-state index < -0.39 is 0 Å². The molecule has 0 amide bonds. The van der Waals surface area contributed by atoms with Crippen LogP contribution in [-0.2, 0) is 0 Å². The van der Waals surface area contributed by atoms with Gasteiger partial charge in [-0.2, -0.15) is 0 Å². The van der Waals surface area contributed by atoms with E-state index in [0.29, 0.717) is 12.0 Å². The lowest BCUT2D eigenvalue weighted by atomic mass is 10.1. The van der Waals surface area contributed by atoms with Gasteiger partial charge < -0.3 is 0 Å². The van der Waals surface area contributed by atoms with E-state index in [2.05, 4.69) is 18.8 Å². The zero-order valence-electron chi connectivity index (χ0n) is 9.79. The molecule has 0 fully saturated rings. The van der Waals surface area contributed by atoms with Crippen LogP contribution in [0.15, 0.2) is 29.3 Å². The van der Waals surface area contributed by atoms with Gasteiger partial charge in [-0.05, 0) is 18.1 Å². The second-order valence-corrected chi connectivity index (χ2v) is 5.37. The van der Waals surface area contributed by atoms with Crippen molar-refractivity contribution in [2.75, 3.05) is 5.75 Å². The third-order valence-corrected chi connectivity index (χ3v) is 3.89. The number of nitro groups is 1. The predicted octanol–water partition coefficient (Wildman–Crippen LogP) is 3.11. The van der Waals surface area contributed by atoms with Crippen LogP contribution in [-0.4, -0.2) is 21.8 Å². The molecule has 1 aliphatic rings. The molecular weight excluding hydrogens is 236 g/mol. The Bertz CT molecular complexity index is 454. The minimum atomic E-state index is -0.385. The van der Waals surface area contributed by atoms with Gasteiger partial charge in [0.2, 0.25) is 0 Å². The van der Waals surface area contributed by atoms with E-state index in [0.717, 1.165) is 16.4 Å². The topological polar surface area (TPSA) is 55.5 Å². The minimum Gasteiger partial charge on any atom is -0.273 e. The summed E-state index contributed by atoms with van der Waals surface area (Å²) in [6.45, 7) is 4.32. The molecule has 4 nitrogen and oxygen atoms in total. The van der Waals surface area contributed by atoms with Crippen molar-refractivity contribution in [1.82, 2.24) is 0 Å². The lowest BCUT2D eigenvalue weighted by Gasteiger charge is -2.08. The number of nitro benzene ring substituents is 1. The maximum Gasteiger partial charge on any atom is 0.269 e. The van der Waals surface area contributed by atoms with Gasteiger partial charge in [0.1, 0.15) is 0 Å².